The van der Waals surface area contributed by atoms with Crippen molar-refractivity contribution >= 4 is 28.6 Å². The van der Waals surface area contributed by atoms with Gasteiger partial charge in [-0.05, 0) is 73.5 Å². The second kappa shape index (κ2) is 9.44. The van der Waals surface area contributed by atoms with E-state index >= 15 is 0 Å². The number of nitrogens with one attached hydrogen (secondary N) is 1. The summed E-state index contributed by atoms with van der Waals surface area (Å²) in [6.07, 6.45) is 2.90. The Hall–Kier alpha value is -2.98. The lowest BCUT2D eigenvalue weighted by atomic mass is 10.1. The zero-order valence-corrected chi connectivity index (χ0v) is 19.1. The molecule has 31 heavy (non-hydrogen) atoms. The number of aryl methyl sites for hydroxylation is 1. The molecule has 0 fully saturated rings. The molecule has 0 bridgehead atoms. The molecule has 0 spiro atoms. The topological polar surface area (TPSA) is 34.0 Å². The first-order valence-corrected chi connectivity index (χ1v) is 11.8. The summed E-state index contributed by atoms with van der Waals surface area (Å²) in [5, 5.41) is 4.22. The Balaban J connectivity index is 1.48. The summed E-state index contributed by atoms with van der Waals surface area (Å²) in [7, 11) is 0. The summed E-state index contributed by atoms with van der Waals surface area (Å²) in [4.78, 5) is 14.0. The van der Waals surface area contributed by atoms with Crippen LogP contribution in [-0.2, 0) is 13.0 Å². The number of hydrogen-bond donors (Lipinski definition) is 1. The van der Waals surface area contributed by atoms with Crippen molar-refractivity contribution in [2.45, 2.75) is 31.7 Å². The number of hydrogen-bond acceptors (Lipinski definition) is 2. The number of nitrogens with zero attached hydrogens (tertiary/aromatic N) is 1. The average Bonchev–Trinajstić information content (AvgIpc) is 3.04. The van der Waals surface area contributed by atoms with Crippen LogP contribution < -0.4 is 5.32 Å². The number of carbonyl (C=O) groups excluding carboxylic acids is 1. The maximum Gasteiger partial charge on any atom is 0.251 e. The zero-order valence-electron chi connectivity index (χ0n) is 18.3. The predicted octanol–water partition coefficient (Wildman–Crippen LogP) is 6.00. The normalized spacial score (nSPS) is 11.1. The van der Waals surface area contributed by atoms with Gasteiger partial charge in [-0.1, -0.05) is 42.5 Å². The molecule has 158 valence electrons. The second-order valence-corrected chi connectivity index (χ2v) is 8.75. The van der Waals surface area contributed by atoms with Gasteiger partial charge in [0.05, 0.1) is 0 Å². The first-order valence-electron chi connectivity index (χ1n) is 10.6. The molecule has 4 heteroatoms. The highest BCUT2D eigenvalue weighted by atomic mass is 32.2. The van der Waals surface area contributed by atoms with Gasteiger partial charge < -0.3 is 9.88 Å². The Kier molecular flexibility index (Phi) is 6.47. The fourth-order valence-electron chi connectivity index (χ4n) is 3.98. The summed E-state index contributed by atoms with van der Waals surface area (Å²) in [6, 6.07) is 25.0. The Morgan fingerprint density at radius 2 is 1.68 bits per heavy atom. The molecule has 1 N–H and O–H groups in total. The van der Waals surface area contributed by atoms with E-state index in [2.05, 4.69) is 84.6 Å². The SMILES string of the molecule is CSc1ccc(CCNC(=O)c2ccc3c(c2)c(C)c(C)n3Cc2ccccc2)cc1. The highest BCUT2D eigenvalue weighted by Gasteiger charge is 2.14. The van der Waals surface area contributed by atoms with Crippen LogP contribution in [0.5, 0.6) is 0 Å². The average molecular weight is 429 g/mol. The van der Waals surface area contributed by atoms with Gasteiger partial charge in [0.1, 0.15) is 0 Å². The molecule has 4 rings (SSSR count). The maximum atomic E-state index is 12.8. The number of aromatic nitrogens is 1. The van der Waals surface area contributed by atoms with Gasteiger partial charge in [-0.25, -0.2) is 0 Å². The van der Waals surface area contributed by atoms with Crippen LogP contribution in [0.2, 0.25) is 0 Å². The van der Waals surface area contributed by atoms with Crippen molar-refractivity contribution in [1.29, 1.82) is 0 Å². The standard InChI is InChI=1S/C27H28N2OS/c1-19-20(2)29(18-22-7-5-4-6-8-22)26-14-11-23(17-25(19)26)27(30)28-16-15-21-9-12-24(31-3)13-10-21/h4-14,17H,15-16,18H2,1-3H3,(H,28,30). The van der Waals surface area contributed by atoms with Gasteiger partial charge in [-0.3, -0.25) is 4.79 Å². The van der Waals surface area contributed by atoms with Crippen LogP contribution in [0.3, 0.4) is 0 Å². The van der Waals surface area contributed by atoms with Gasteiger partial charge in [0.25, 0.3) is 5.91 Å². The lowest BCUT2D eigenvalue weighted by Crippen LogP contribution is -2.25. The molecule has 3 nitrogen and oxygen atoms in total. The molecule has 1 amide bonds. The Labute approximate surface area is 188 Å². The van der Waals surface area contributed by atoms with Gasteiger partial charge in [0.15, 0.2) is 0 Å². The van der Waals surface area contributed by atoms with Crippen molar-refractivity contribution in [2.24, 2.45) is 0 Å². The molecule has 0 saturated carbocycles. The molecule has 0 radical (unpaired) electrons. The number of amides is 1. The molecule has 1 aromatic heterocycles. The van der Waals surface area contributed by atoms with Crippen molar-refractivity contribution in [3.63, 3.8) is 0 Å². The van der Waals surface area contributed by atoms with Crippen LogP contribution in [0.1, 0.15) is 32.7 Å². The molecule has 0 aliphatic rings. The van der Waals surface area contributed by atoms with E-state index in [0.29, 0.717) is 12.1 Å². The Morgan fingerprint density at radius 3 is 2.39 bits per heavy atom. The first kappa shape index (κ1) is 21.3. The Bertz CT molecular complexity index is 1190. The second-order valence-electron chi connectivity index (χ2n) is 7.87. The molecular formula is C27H28N2OS. The molecule has 0 aliphatic heterocycles. The van der Waals surface area contributed by atoms with E-state index in [1.54, 1.807) is 11.8 Å². The fourth-order valence-corrected chi connectivity index (χ4v) is 4.38. The number of fused-ring (bicyclic) bond motifs is 1. The third-order valence-corrected chi connectivity index (χ3v) is 6.69. The number of carbonyl (C=O) groups is 1. The van der Waals surface area contributed by atoms with Crippen LogP contribution in [0.15, 0.2) is 77.7 Å². The third kappa shape index (κ3) is 4.70. The monoisotopic (exact) mass is 428 g/mol. The first-order chi connectivity index (χ1) is 15.1. The van der Waals surface area contributed by atoms with Crippen molar-refractivity contribution in [3.8, 4) is 0 Å². The highest BCUT2D eigenvalue weighted by Crippen LogP contribution is 2.27. The van der Waals surface area contributed by atoms with E-state index in [1.807, 2.05) is 18.2 Å². The summed E-state index contributed by atoms with van der Waals surface area (Å²) in [5.74, 6) is -0.0181. The largest absolute Gasteiger partial charge is 0.352 e. The molecular weight excluding hydrogens is 400 g/mol. The fraction of sp³-hybridized carbons (Fsp3) is 0.222. The van der Waals surface area contributed by atoms with Crippen LogP contribution in [0.25, 0.3) is 10.9 Å². The van der Waals surface area contributed by atoms with E-state index in [9.17, 15) is 4.79 Å². The summed E-state index contributed by atoms with van der Waals surface area (Å²) >= 11 is 1.74. The lowest BCUT2D eigenvalue weighted by Gasteiger charge is -2.09. The molecule has 4 aromatic rings. The van der Waals surface area contributed by atoms with E-state index in [1.165, 1.54) is 32.8 Å². The molecule has 3 aromatic carbocycles. The number of rotatable bonds is 7. The predicted molar refractivity (Wildman–Crippen MR) is 131 cm³/mol. The van der Waals surface area contributed by atoms with Crippen molar-refractivity contribution < 1.29 is 4.79 Å². The van der Waals surface area contributed by atoms with Crippen molar-refractivity contribution in [1.82, 2.24) is 9.88 Å². The van der Waals surface area contributed by atoms with Crippen LogP contribution in [0.4, 0.5) is 0 Å². The van der Waals surface area contributed by atoms with E-state index in [-0.39, 0.29) is 5.91 Å². The van der Waals surface area contributed by atoms with Gasteiger partial charge in [-0.2, -0.15) is 0 Å². The van der Waals surface area contributed by atoms with E-state index < -0.39 is 0 Å². The summed E-state index contributed by atoms with van der Waals surface area (Å²) < 4.78 is 2.33. The Morgan fingerprint density at radius 1 is 0.935 bits per heavy atom. The smallest absolute Gasteiger partial charge is 0.251 e. The van der Waals surface area contributed by atoms with Gasteiger partial charge in [0.2, 0.25) is 0 Å². The van der Waals surface area contributed by atoms with Crippen molar-refractivity contribution in [2.75, 3.05) is 12.8 Å². The molecule has 0 aliphatic carbocycles. The summed E-state index contributed by atoms with van der Waals surface area (Å²) in [5.41, 5.74) is 6.86. The lowest BCUT2D eigenvalue weighted by molar-refractivity contribution is 0.0954. The number of benzene rings is 3. The van der Waals surface area contributed by atoms with Gasteiger partial charge >= 0.3 is 0 Å². The van der Waals surface area contributed by atoms with Crippen molar-refractivity contribution in [3.05, 3.63) is 101 Å². The molecule has 1 heterocycles. The highest BCUT2D eigenvalue weighted by molar-refractivity contribution is 7.98. The minimum Gasteiger partial charge on any atom is -0.352 e. The molecule has 0 saturated heterocycles. The van der Waals surface area contributed by atoms with E-state index in [0.717, 1.165) is 18.4 Å². The molecule has 0 atom stereocenters. The van der Waals surface area contributed by atoms with Crippen LogP contribution in [-0.4, -0.2) is 23.3 Å². The van der Waals surface area contributed by atoms with E-state index in [4.69, 9.17) is 0 Å². The van der Waals surface area contributed by atoms with Crippen LogP contribution in [0, 0.1) is 13.8 Å². The maximum absolute atomic E-state index is 12.8. The quantitative estimate of drug-likeness (QED) is 0.366. The summed E-state index contributed by atoms with van der Waals surface area (Å²) in [6.45, 7) is 5.75. The van der Waals surface area contributed by atoms with Gasteiger partial charge in [-0.15, -0.1) is 11.8 Å². The third-order valence-electron chi connectivity index (χ3n) is 5.94. The minimum absolute atomic E-state index is 0.0181. The zero-order chi connectivity index (χ0) is 21.8. The van der Waals surface area contributed by atoms with Gasteiger partial charge in [0, 0.05) is 40.1 Å². The van der Waals surface area contributed by atoms with Crippen LogP contribution >= 0.6 is 11.8 Å². The number of thioether (sulfide) groups is 1. The molecule has 0 unspecified atom stereocenters. The minimum atomic E-state index is -0.0181.